The van der Waals surface area contributed by atoms with Crippen LogP contribution in [0.5, 0.6) is 0 Å². The largest absolute Gasteiger partial charge is 0.477 e. The fourth-order valence-corrected chi connectivity index (χ4v) is 1.56. The predicted octanol–water partition coefficient (Wildman–Crippen LogP) is -0.290. The van der Waals surface area contributed by atoms with Gasteiger partial charge in [-0.1, -0.05) is 0 Å². The van der Waals surface area contributed by atoms with E-state index in [4.69, 9.17) is 14.9 Å². The monoisotopic (exact) mass is 253 g/mol. The lowest BCUT2D eigenvalue weighted by atomic mass is 10.3. The van der Waals surface area contributed by atoms with Crippen molar-refractivity contribution >= 4 is 17.9 Å². The quantitative estimate of drug-likeness (QED) is 0.755. The van der Waals surface area contributed by atoms with Crippen molar-refractivity contribution in [3.63, 3.8) is 0 Å². The highest BCUT2D eigenvalue weighted by molar-refractivity contribution is 5.91. The number of nitrogens with zero attached hydrogens (tertiary/aromatic N) is 3. The smallest absolute Gasteiger partial charge is 0.354 e. The van der Waals surface area contributed by atoms with Crippen molar-refractivity contribution in [3.8, 4) is 0 Å². The predicted molar refractivity (Wildman–Crippen MR) is 59.0 cm³/mol. The van der Waals surface area contributed by atoms with Crippen molar-refractivity contribution in [3.05, 3.63) is 17.5 Å². The van der Waals surface area contributed by atoms with Crippen LogP contribution in [0.1, 0.15) is 21.0 Å². The molecule has 1 aliphatic heterocycles. The van der Waals surface area contributed by atoms with Gasteiger partial charge in [0.1, 0.15) is 0 Å². The molecule has 0 atom stereocenters. The van der Waals surface area contributed by atoms with Crippen molar-refractivity contribution in [2.24, 2.45) is 0 Å². The second kappa shape index (κ2) is 4.96. The van der Waals surface area contributed by atoms with Crippen LogP contribution in [-0.4, -0.2) is 58.4 Å². The first-order chi connectivity index (χ1) is 8.58. The number of aromatic nitrogens is 2. The zero-order valence-electron chi connectivity index (χ0n) is 9.37. The molecular formula is C10H11N3O5. The minimum Gasteiger partial charge on any atom is -0.477 e. The Balaban J connectivity index is 2.38. The van der Waals surface area contributed by atoms with Crippen molar-refractivity contribution in [2.45, 2.75) is 0 Å². The molecule has 0 aliphatic carbocycles. The van der Waals surface area contributed by atoms with Crippen molar-refractivity contribution in [1.29, 1.82) is 0 Å². The maximum atomic E-state index is 10.9. The van der Waals surface area contributed by atoms with E-state index in [2.05, 4.69) is 9.97 Å². The van der Waals surface area contributed by atoms with Crippen LogP contribution in [0.25, 0.3) is 0 Å². The number of morpholine rings is 1. The summed E-state index contributed by atoms with van der Waals surface area (Å²) in [7, 11) is 0. The molecule has 0 spiro atoms. The van der Waals surface area contributed by atoms with Crippen LogP contribution in [0, 0.1) is 0 Å². The molecule has 8 heteroatoms. The summed E-state index contributed by atoms with van der Waals surface area (Å²) in [5.41, 5.74) is -0.659. The van der Waals surface area contributed by atoms with Crippen molar-refractivity contribution < 1.29 is 24.5 Å². The Hall–Kier alpha value is -2.22. The maximum absolute atomic E-state index is 10.9. The van der Waals surface area contributed by atoms with Crippen molar-refractivity contribution in [2.75, 3.05) is 31.2 Å². The molecule has 96 valence electrons. The van der Waals surface area contributed by atoms with Gasteiger partial charge in [-0.05, 0) is 0 Å². The SMILES string of the molecule is O=C(O)c1cc(C(=O)O)nc(N2CCOCC2)n1. The summed E-state index contributed by atoms with van der Waals surface area (Å²) in [4.78, 5) is 31.1. The lowest BCUT2D eigenvalue weighted by Gasteiger charge is -2.26. The first kappa shape index (κ1) is 12.2. The number of carbonyl (C=O) groups is 2. The Bertz CT molecular complexity index is 452. The first-order valence-electron chi connectivity index (χ1n) is 5.26. The molecule has 2 rings (SSSR count). The molecule has 0 radical (unpaired) electrons. The van der Waals surface area contributed by atoms with Gasteiger partial charge in [-0.2, -0.15) is 0 Å². The summed E-state index contributed by atoms with van der Waals surface area (Å²) >= 11 is 0. The van der Waals surface area contributed by atoms with Gasteiger partial charge in [-0.15, -0.1) is 0 Å². The zero-order valence-corrected chi connectivity index (χ0v) is 9.37. The number of aromatic carboxylic acids is 2. The number of carboxylic acid groups (broad SMARTS) is 2. The molecule has 2 N–H and O–H groups in total. The summed E-state index contributed by atoms with van der Waals surface area (Å²) in [5, 5.41) is 17.8. The number of rotatable bonds is 3. The number of hydrogen-bond donors (Lipinski definition) is 2. The van der Waals surface area contributed by atoms with E-state index in [1.165, 1.54) is 0 Å². The molecule has 1 fully saturated rings. The molecule has 1 aromatic rings. The number of ether oxygens (including phenoxy) is 1. The third kappa shape index (κ3) is 2.54. The van der Waals surface area contributed by atoms with Gasteiger partial charge < -0.3 is 19.8 Å². The van der Waals surface area contributed by atoms with Crippen LogP contribution in [0.2, 0.25) is 0 Å². The molecule has 0 unspecified atom stereocenters. The lowest BCUT2D eigenvalue weighted by Crippen LogP contribution is -2.37. The summed E-state index contributed by atoms with van der Waals surface area (Å²) in [6.07, 6.45) is 0. The van der Waals surface area contributed by atoms with E-state index in [1.807, 2.05) is 0 Å². The minimum atomic E-state index is -1.28. The van der Waals surface area contributed by atoms with E-state index in [0.717, 1.165) is 6.07 Å². The molecule has 0 aromatic carbocycles. The van der Waals surface area contributed by atoms with Crippen LogP contribution in [0.15, 0.2) is 6.07 Å². The fourth-order valence-electron chi connectivity index (χ4n) is 1.56. The third-order valence-electron chi connectivity index (χ3n) is 2.45. The normalized spacial score (nSPS) is 15.4. The standard InChI is InChI=1S/C10H11N3O5/c14-8(15)6-5-7(9(16)17)12-10(11-6)13-1-3-18-4-2-13/h5H,1-4H2,(H,14,15)(H,16,17). The Labute approximate surface area is 102 Å². The molecule has 0 amide bonds. The Morgan fingerprint density at radius 1 is 1.11 bits per heavy atom. The first-order valence-corrected chi connectivity index (χ1v) is 5.26. The van der Waals surface area contributed by atoms with E-state index in [0.29, 0.717) is 26.3 Å². The van der Waals surface area contributed by atoms with Crippen LogP contribution < -0.4 is 4.90 Å². The molecule has 1 aliphatic rings. The summed E-state index contributed by atoms with van der Waals surface area (Å²) in [6.45, 7) is 1.95. The molecule has 1 saturated heterocycles. The third-order valence-corrected chi connectivity index (χ3v) is 2.45. The highest BCUT2D eigenvalue weighted by Gasteiger charge is 2.19. The average Bonchev–Trinajstić information content (AvgIpc) is 2.39. The molecular weight excluding hydrogens is 242 g/mol. The maximum Gasteiger partial charge on any atom is 0.354 e. The second-order valence-electron chi connectivity index (χ2n) is 3.65. The summed E-state index contributed by atoms with van der Waals surface area (Å²) in [5.74, 6) is -2.46. The van der Waals surface area contributed by atoms with E-state index >= 15 is 0 Å². The van der Waals surface area contributed by atoms with E-state index in [9.17, 15) is 9.59 Å². The number of anilines is 1. The number of hydrogen-bond acceptors (Lipinski definition) is 6. The van der Waals surface area contributed by atoms with Crippen LogP contribution in [0.4, 0.5) is 5.95 Å². The van der Waals surface area contributed by atoms with E-state index in [1.54, 1.807) is 4.90 Å². The Kier molecular flexibility index (Phi) is 3.38. The van der Waals surface area contributed by atoms with Gasteiger partial charge in [-0.25, -0.2) is 19.6 Å². The molecule has 18 heavy (non-hydrogen) atoms. The van der Waals surface area contributed by atoms with Gasteiger partial charge in [0, 0.05) is 19.2 Å². The van der Waals surface area contributed by atoms with Crippen LogP contribution in [-0.2, 0) is 4.74 Å². The van der Waals surface area contributed by atoms with Gasteiger partial charge in [0.05, 0.1) is 13.2 Å². The Morgan fingerprint density at radius 3 is 2.06 bits per heavy atom. The average molecular weight is 253 g/mol. The molecule has 0 bridgehead atoms. The van der Waals surface area contributed by atoms with Gasteiger partial charge in [-0.3, -0.25) is 0 Å². The zero-order chi connectivity index (χ0) is 13.1. The van der Waals surface area contributed by atoms with Gasteiger partial charge in [0.25, 0.3) is 0 Å². The van der Waals surface area contributed by atoms with E-state index < -0.39 is 11.9 Å². The van der Waals surface area contributed by atoms with Gasteiger partial charge >= 0.3 is 11.9 Å². The van der Waals surface area contributed by atoms with E-state index in [-0.39, 0.29) is 17.3 Å². The highest BCUT2D eigenvalue weighted by atomic mass is 16.5. The lowest BCUT2D eigenvalue weighted by molar-refractivity contribution is 0.0689. The molecule has 1 aromatic heterocycles. The summed E-state index contributed by atoms with van der Waals surface area (Å²) < 4.78 is 5.15. The van der Waals surface area contributed by atoms with Gasteiger partial charge in [0.2, 0.25) is 5.95 Å². The molecule has 0 saturated carbocycles. The topological polar surface area (TPSA) is 113 Å². The van der Waals surface area contributed by atoms with Crippen molar-refractivity contribution in [1.82, 2.24) is 9.97 Å². The molecule has 2 heterocycles. The van der Waals surface area contributed by atoms with Gasteiger partial charge in [0.15, 0.2) is 11.4 Å². The van der Waals surface area contributed by atoms with Crippen LogP contribution in [0.3, 0.4) is 0 Å². The van der Waals surface area contributed by atoms with Crippen LogP contribution >= 0.6 is 0 Å². The highest BCUT2D eigenvalue weighted by Crippen LogP contribution is 2.12. The fraction of sp³-hybridized carbons (Fsp3) is 0.400. The Morgan fingerprint density at radius 2 is 1.61 bits per heavy atom. The summed E-state index contributed by atoms with van der Waals surface area (Å²) in [6, 6.07) is 0.939. The minimum absolute atomic E-state index is 0.107. The molecule has 8 nitrogen and oxygen atoms in total. The number of carboxylic acids is 2. The second-order valence-corrected chi connectivity index (χ2v) is 3.65.